The van der Waals surface area contributed by atoms with Crippen molar-refractivity contribution in [2.45, 2.75) is 19.9 Å². The maximum absolute atomic E-state index is 13.6. The van der Waals surface area contributed by atoms with Gasteiger partial charge in [-0.3, -0.25) is 0 Å². The third-order valence-electron chi connectivity index (χ3n) is 2.52. The van der Waals surface area contributed by atoms with Crippen LogP contribution in [0.1, 0.15) is 25.8 Å². The SMILES string of the molecule is CCNC(C)c1nnc(Nc2c(F)cccc2Cl)o1. The zero-order valence-electron chi connectivity index (χ0n) is 10.6. The van der Waals surface area contributed by atoms with Crippen LogP contribution < -0.4 is 10.6 Å². The minimum atomic E-state index is -0.480. The molecule has 1 aromatic heterocycles. The van der Waals surface area contributed by atoms with Gasteiger partial charge in [0.15, 0.2) is 0 Å². The monoisotopic (exact) mass is 284 g/mol. The van der Waals surface area contributed by atoms with Gasteiger partial charge >= 0.3 is 6.01 Å². The first kappa shape index (κ1) is 13.8. The molecule has 0 saturated heterocycles. The van der Waals surface area contributed by atoms with E-state index in [-0.39, 0.29) is 22.8 Å². The molecule has 2 rings (SSSR count). The van der Waals surface area contributed by atoms with E-state index in [9.17, 15) is 4.39 Å². The molecule has 2 N–H and O–H groups in total. The molecule has 0 bridgehead atoms. The molecule has 19 heavy (non-hydrogen) atoms. The second kappa shape index (κ2) is 5.99. The molecule has 0 fully saturated rings. The maximum Gasteiger partial charge on any atom is 0.320 e. The molecule has 2 aromatic rings. The van der Waals surface area contributed by atoms with Gasteiger partial charge in [0.2, 0.25) is 5.89 Å². The fourth-order valence-corrected chi connectivity index (χ4v) is 1.79. The van der Waals surface area contributed by atoms with Crippen LogP contribution in [0, 0.1) is 5.82 Å². The summed E-state index contributed by atoms with van der Waals surface area (Å²) in [4.78, 5) is 0. The number of hydrogen-bond donors (Lipinski definition) is 2. The van der Waals surface area contributed by atoms with E-state index in [1.807, 2.05) is 13.8 Å². The van der Waals surface area contributed by atoms with Crippen molar-refractivity contribution >= 4 is 23.3 Å². The van der Waals surface area contributed by atoms with E-state index in [1.54, 1.807) is 6.07 Å². The summed E-state index contributed by atoms with van der Waals surface area (Å²) in [5.41, 5.74) is 0.121. The quantitative estimate of drug-likeness (QED) is 0.882. The summed E-state index contributed by atoms with van der Waals surface area (Å²) >= 11 is 5.89. The highest BCUT2D eigenvalue weighted by Crippen LogP contribution is 2.28. The van der Waals surface area contributed by atoms with Gasteiger partial charge in [0.1, 0.15) is 5.82 Å². The van der Waals surface area contributed by atoms with Gasteiger partial charge < -0.3 is 15.1 Å². The fourth-order valence-electron chi connectivity index (χ4n) is 1.58. The minimum absolute atomic E-state index is 0.0656. The molecule has 0 spiro atoms. The molecule has 5 nitrogen and oxygen atoms in total. The van der Waals surface area contributed by atoms with Crippen molar-refractivity contribution in [3.63, 3.8) is 0 Å². The van der Waals surface area contributed by atoms with E-state index >= 15 is 0 Å². The summed E-state index contributed by atoms with van der Waals surface area (Å²) in [6.45, 7) is 4.66. The van der Waals surface area contributed by atoms with Crippen molar-refractivity contribution in [3.8, 4) is 0 Å². The first-order chi connectivity index (χ1) is 9.11. The van der Waals surface area contributed by atoms with Crippen LogP contribution in [0.4, 0.5) is 16.1 Å². The van der Waals surface area contributed by atoms with Crippen molar-refractivity contribution in [2.75, 3.05) is 11.9 Å². The van der Waals surface area contributed by atoms with E-state index in [0.717, 1.165) is 6.54 Å². The number of nitrogens with zero attached hydrogens (tertiary/aromatic N) is 2. The molecule has 1 aromatic carbocycles. The number of benzene rings is 1. The van der Waals surface area contributed by atoms with Gasteiger partial charge in [-0.1, -0.05) is 29.7 Å². The number of anilines is 2. The molecular formula is C12H14ClFN4O. The zero-order chi connectivity index (χ0) is 13.8. The third kappa shape index (κ3) is 3.21. The average molecular weight is 285 g/mol. The van der Waals surface area contributed by atoms with Crippen LogP contribution >= 0.6 is 11.6 Å². The normalized spacial score (nSPS) is 12.4. The van der Waals surface area contributed by atoms with Crippen molar-refractivity contribution in [3.05, 3.63) is 34.9 Å². The Labute approximate surface area is 115 Å². The minimum Gasteiger partial charge on any atom is -0.406 e. The van der Waals surface area contributed by atoms with E-state index in [4.69, 9.17) is 16.0 Å². The highest BCUT2D eigenvalue weighted by molar-refractivity contribution is 6.33. The third-order valence-corrected chi connectivity index (χ3v) is 2.83. The van der Waals surface area contributed by atoms with Crippen LogP contribution in [0.15, 0.2) is 22.6 Å². The van der Waals surface area contributed by atoms with Crippen LogP contribution in [0.25, 0.3) is 0 Å². The zero-order valence-corrected chi connectivity index (χ0v) is 11.3. The molecule has 1 unspecified atom stereocenters. The average Bonchev–Trinajstić information content (AvgIpc) is 2.83. The van der Waals surface area contributed by atoms with E-state index in [0.29, 0.717) is 5.89 Å². The smallest absolute Gasteiger partial charge is 0.320 e. The molecule has 0 aliphatic heterocycles. The number of rotatable bonds is 5. The van der Waals surface area contributed by atoms with E-state index in [2.05, 4.69) is 20.8 Å². The van der Waals surface area contributed by atoms with Crippen LogP contribution in [0.3, 0.4) is 0 Å². The Hall–Kier alpha value is -1.66. The number of hydrogen-bond acceptors (Lipinski definition) is 5. The highest BCUT2D eigenvalue weighted by atomic mass is 35.5. The molecule has 102 valence electrons. The molecule has 0 amide bonds. The Bertz CT molecular complexity index is 540. The van der Waals surface area contributed by atoms with Gasteiger partial charge in [-0.25, -0.2) is 4.39 Å². The number of nitrogens with one attached hydrogen (secondary N) is 2. The molecule has 1 atom stereocenters. The Kier molecular flexibility index (Phi) is 4.34. The Morgan fingerprint density at radius 1 is 1.42 bits per heavy atom. The summed E-state index contributed by atoms with van der Waals surface area (Å²) in [5, 5.41) is 13.8. The number of aromatic nitrogens is 2. The molecular weight excluding hydrogens is 271 g/mol. The van der Waals surface area contributed by atoms with Gasteiger partial charge in [-0.2, -0.15) is 0 Å². The van der Waals surface area contributed by atoms with E-state index in [1.165, 1.54) is 12.1 Å². The second-order valence-electron chi connectivity index (χ2n) is 3.95. The van der Waals surface area contributed by atoms with Crippen molar-refractivity contribution < 1.29 is 8.81 Å². The summed E-state index contributed by atoms with van der Waals surface area (Å²) in [6.07, 6.45) is 0. The van der Waals surface area contributed by atoms with Crippen LogP contribution in [0.2, 0.25) is 5.02 Å². The van der Waals surface area contributed by atoms with Gasteiger partial charge in [-0.15, -0.1) is 5.10 Å². The fraction of sp³-hybridized carbons (Fsp3) is 0.333. The lowest BCUT2D eigenvalue weighted by atomic mass is 10.3. The lowest BCUT2D eigenvalue weighted by Gasteiger charge is -2.07. The largest absolute Gasteiger partial charge is 0.406 e. The Morgan fingerprint density at radius 3 is 2.89 bits per heavy atom. The van der Waals surface area contributed by atoms with Gasteiger partial charge in [-0.05, 0) is 25.6 Å². The summed E-state index contributed by atoms with van der Waals surface area (Å²) in [6, 6.07) is 4.43. The van der Waals surface area contributed by atoms with E-state index < -0.39 is 5.82 Å². The first-order valence-corrected chi connectivity index (χ1v) is 6.27. The summed E-state index contributed by atoms with van der Waals surface area (Å²) in [7, 11) is 0. The van der Waals surface area contributed by atoms with Crippen molar-refractivity contribution in [1.29, 1.82) is 0 Å². The van der Waals surface area contributed by atoms with Crippen LogP contribution in [-0.2, 0) is 0 Å². The van der Waals surface area contributed by atoms with Gasteiger partial charge in [0.05, 0.1) is 16.8 Å². The Balaban J connectivity index is 2.16. The second-order valence-corrected chi connectivity index (χ2v) is 4.35. The number of para-hydroxylation sites is 1. The van der Waals surface area contributed by atoms with Gasteiger partial charge in [0.25, 0.3) is 0 Å². The van der Waals surface area contributed by atoms with Crippen molar-refractivity contribution in [1.82, 2.24) is 15.5 Å². The molecule has 0 aliphatic rings. The van der Waals surface area contributed by atoms with Crippen LogP contribution in [-0.4, -0.2) is 16.7 Å². The lowest BCUT2D eigenvalue weighted by Crippen LogP contribution is -2.17. The van der Waals surface area contributed by atoms with Gasteiger partial charge in [0, 0.05) is 0 Å². The van der Waals surface area contributed by atoms with Crippen LogP contribution in [0.5, 0.6) is 0 Å². The predicted molar refractivity (Wildman–Crippen MR) is 71.1 cm³/mol. The highest BCUT2D eigenvalue weighted by Gasteiger charge is 2.15. The lowest BCUT2D eigenvalue weighted by molar-refractivity contribution is 0.430. The molecule has 0 saturated carbocycles. The molecule has 7 heteroatoms. The number of halogens is 2. The summed E-state index contributed by atoms with van der Waals surface area (Å²) in [5.74, 6) is -0.0520. The maximum atomic E-state index is 13.6. The Morgan fingerprint density at radius 2 is 2.21 bits per heavy atom. The molecule has 0 aliphatic carbocycles. The first-order valence-electron chi connectivity index (χ1n) is 5.89. The summed E-state index contributed by atoms with van der Waals surface area (Å²) < 4.78 is 19.0. The molecule has 0 radical (unpaired) electrons. The predicted octanol–water partition coefficient (Wildman–Crippen LogP) is 3.28. The standard InChI is InChI=1S/C12H14ClFN4O/c1-3-15-7(2)11-17-18-12(19-11)16-10-8(13)5-4-6-9(10)14/h4-7,15H,3H2,1-2H3,(H,16,18). The topological polar surface area (TPSA) is 63.0 Å². The van der Waals surface area contributed by atoms with Crippen molar-refractivity contribution in [2.24, 2.45) is 0 Å². The molecule has 1 heterocycles.